The molecule has 0 radical (unpaired) electrons. The summed E-state index contributed by atoms with van der Waals surface area (Å²) in [5.41, 5.74) is 12.9. The molecule has 156 valence electrons. The van der Waals surface area contributed by atoms with E-state index in [1.165, 1.54) is 24.3 Å². The van der Waals surface area contributed by atoms with Crippen molar-refractivity contribution in [2.24, 2.45) is 0 Å². The van der Waals surface area contributed by atoms with Gasteiger partial charge in [-0.05, 0) is 48.5 Å². The van der Waals surface area contributed by atoms with E-state index in [2.05, 4.69) is 11.8 Å². The highest BCUT2D eigenvalue weighted by Gasteiger charge is 2.16. The van der Waals surface area contributed by atoms with Gasteiger partial charge in [-0.15, -0.1) is 12.8 Å². The number of ether oxygens (including phenoxy) is 2. The van der Waals surface area contributed by atoms with E-state index in [-0.39, 0.29) is 22.9 Å². The summed E-state index contributed by atoms with van der Waals surface area (Å²) in [6.07, 6.45) is 11.4. The molecule has 4 aromatic carbocycles. The first-order valence-electron chi connectivity index (χ1n) is 9.47. The molecule has 6 N–H and O–H groups in total. The number of anilines is 2. The maximum Gasteiger partial charge on any atom is 0.150 e. The van der Waals surface area contributed by atoms with Crippen LogP contribution >= 0.6 is 0 Å². The fraction of sp³-hybridized carbons (Fsp3) is 0. The average molecular weight is 422 g/mol. The van der Waals surface area contributed by atoms with Crippen LogP contribution in [0, 0.1) is 24.7 Å². The molecule has 0 saturated carbocycles. The van der Waals surface area contributed by atoms with Crippen LogP contribution in [0.2, 0.25) is 0 Å². The van der Waals surface area contributed by atoms with Gasteiger partial charge in [0, 0.05) is 22.9 Å². The van der Waals surface area contributed by atoms with Gasteiger partial charge in [-0.2, -0.15) is 0 Å². The predicted molar refractivity (Wildman–Crippen MR) is 125 cm³/mol. The molecular formula is C26H18N2O4. The molecule has 0 amide bonds. The lowest BCUT2D eigenvalue weighted by atomic mass is 10.0. The molecule has 0 fully saturated rings. The van der Waals surface area contributed by atoms with E-state index < -0.39 is 0 Å². The van der Waals surface area contributed by atoms with Gasteiger partial charge in [0.2, 0.25) is 0 Å². The van der Waals surface area contributed by atoms with Crippen LogP contribution in [0.4, 0.5) is 11.4 Å². The molecule has 0 bridgehead atoms. The SMILES string of the molecule is C#Cc1ccc2c(Oc3ccc(O)c(N)c3)c(C#C)ccc2c1Oc1ccc(O)c(N)c1. The van der Waals surface area contributed by atoms with E-state index in [4.69, 9.17) is 33.8 Å². The molecule has 0 aliphatic heterocycles. The van der Waals surface area contributed by atoms with Crippen molar-refractivity contribution in [3.8, 4) is 59.2 Å². The van der Waals surface area contributed by atoms with Crippen molar-refractivity contribution in [1.29, 1.82) is 0 Å². The molecule has 6 nitrogen and oxygen atoms in total. The number of aromatic hydroxyl groups is 2. The van der Waals surface area contributed by atoms with E-state index in [1.807, 2.05) is 0 Å². The molecule has 0 unspecified atom stereocenters. The molecule has 0 heterocycles. The van der Waals surface area contributed by atoms with Crippen LogP contribution in [0.5, 0.6) is 34.5 Å². The van der Waals surface area contributed by atoms with Gasteiger partial charge >= 0.3 is 0 Å². The minimum atomic E-state index is -0.0463. The van der Waals surface area contributed by atoms with E-state index in [9.17, 15) is 10.2 Å². The third kappa shape index (κ3) is 3.65. The van der Waals surface area contributed by atoms with Crippen molar-refractivity contribution >= 4 is 22.1 Å². The van der Waals surface area contributed by atoms with Crippen LogP contribution in [0.1, 0.15) is 11.1 Å². The number of terminal acetylenes is 2. The lowest BCUT2D eigenvalue weighted by molar-refractivity contribution is 0.466. The summed E-state index contributed by atoms with van der Waals surface area (Å²) in [5, 5.41) is 20.7. The van der Waals surface area contributed by atoms with Gasteiger partial charge in [-0.25, -0.2) is 0 Å². The van der Waals surface area contributed by atoms with Crippen molar-refractivity contribution in [1.82, 2.24) is 0 Å². The zero-order valence-electron chi connectivity index (χ0n) is 16.8. The second kappa shape index (κ2) is 8.06. The number of fused-ring (bicyclic) bond motifs is 1. The molecule has 0 spiro atoms. The third-order valence-corrected chi connectivity index (χ3v) is 4.85. The Bertz CT molecular complexity index is 1330. The molecule has 32 heavy (non-hydrogen) atoms. The summed E-state index contributed by atoms with van der Waals surface area (Å²) < 4.78 is 12.1. The van der Waals surface area contributed by atoms with Gasteiger partial charge in [-0.3, -0.25) is 0 Å². The maximum atomic E-state index is 9.68. The Morgan fingerprint density at radius 2 is 1.03 bits per heavy atom. The van der Waals surface area contributed by atoms with Crippen molar-refractivity contribution < 1.29 is 19.7 Å². The largest absolute Gasteiger partial charge is 0.506 e. The summed E-state index contributed by atoms with van der Waals surface area (Å²) in [5.74, 6) is 6.76. The average Bonchev–Trinajstić information content (AvgIpc) is 2.79. The van der Waals surface area contributed by atoms with Crippen LogP contribution in [0.25, 0.3) is 10.8 Å². The van der Waals surface area contributed by atoms with Gasteiger partial charge < -0.3 is 31.2 Å². The number of hydrogen-bond donors (Lipinski definition) is 4. The summed E-state index contributed by atoms with van der Waals surface area (Å²) in [7, 11) is 0. The van der Waals surface area contributed by atoms with E-state index in [0.29, 0.717) is 44.9 Å². The molecule has 0 aromatic heterocycles. The van der Waals surface area contributed by atoms with Crippen molar-refractivity contribution in [2.75, 3.05) is 11.5 Å². The smallest absolute Gasteiger partial charge is 0.150 e. The minimum absolute atomic E-state index is 0.0463. The Kier molecular flexibility index (Phi) is 5.12. The lowest BCUT2D eigenvalue weighted by Crippen LogP contribution is -1.96. The van der Waals surface area contributed by atoms with Gasteiger partial charge in [0.05, 0.1) is 22.5 Å². The quantitative estimate of drug-likeness (QED) is 0.210. The number of benzene rings is 4. The molecular weight excluding hydrogens is 404 g/mol. The number of phenols is 2. The third-order valence-electron chi connectivity index (χ3n) is 4.85. The van der Waals surface area contributed by atoms with Gasteiger partial charge in [0.25, 0.3) is 0 Å². The van der Waals surface area contributed by atoms with Crippen LogP contribution in [0.15, 0.2) is 60.7 Å². The van der Waals surface area contributed by atoms with Crippen molar-refractivity contribution in [3.05, 3.63) is 71.8 Å². The van der Waals surface area contributed by atoms with Crippen molar-refractivity contribution in [3.63, 3.8) is 0 Å². The first-order valence-corrected chi connectivity index (χ1v) is 9.47. The van der Waals surface area contributed by atoms with E-state index in [1.54, 1.807) is 36.4 Å². The Balaban J connectivity index is 1.88. The summed E-state index contributed by atoms with van der Waals surface area (Å²) in [4.78, 5) is 0. The number of phenolic OH excluding ortho intramolecular Hbond substituents is 2. The number of rotatable bonds is 4. The Hall–Kier alpha value is -4.94. The Labute approximate surface area is 184 Å². The van der Waals surface area contributed by atoms with E-state index in [0.717, 1.165) is 0 Å². The highest BCUT2D eigenvalue weighted by atomic mass is 16.5. The first kappa shape index (κ1) is 20.3. The van der Waals surface area contributed by atoms with Crippen LogP contribution in [-0.2, 0) is 0 Å². The zero-order valence-corrected chi connectivity index (χ0v) is 16.8. The van der Waals surface area contributed by atoms with Crippen molar-refractivity contribution in [2.45, 2.75) is 0 Å². The minimum Gasteiger partial charge on any atom is -0.506 e. The Morgan fingerprint density at radius 1 is 0.625 bits per heavy atom. The monoisotopic (exact) mass is 422 g/mol. The maximum absolute atomic E-state index is 9.68. The van der Waals surface area contributed by atoms with Gasteiger partial charge in [0.15, 0.2) is 11.5 Å². The van der Waals surface area contributed by atoms with Crippen LogP contribution in [0.3, 0.4) is 0 Å². The summed E-state index contributed by atoms with van der Waals surface area (Å²) in [6.45, 7) is 0. The van der Waals surface area contributed by atoms with Gasteiger partial charge in [0.1, 0.15) is 23.0 Å². The molecule has 6 heteroatoms. The van der Waals surface area contributed by atoms with Gasteiger partial charge in [-0.1, -0.05) is 11.8 Å². The number of nitrogens with two attached hydrogens (primary N) is 2. The zero-order chi connectivity index (χ0) is 22.8. The van der Waals surface area contributed by atoms with Crippen LogP contribution < -0.4 is 20.9 Å². The highest BCUT2D eigenvalue weighted by Crippen LogP contribution is 2.41. The highest BCUT2D eigenvalue weighted by molar-refractivity contribution is 5.97. The molecule has 0 saturated heterocycles. The number of nitrogen functional groups attached to an aromatic ring is 2. The predicted octanol–water partition coefficient (Wildman–Crippen LogP) is 4.96. The van der Waals surface area contributed by atoms with Crippen LogP contribution in [-0.4, -0.2) is 10.2 Å². The first-order chi connectivity index (χ1) is 15.4. The molecule has 4 aromatic rings. The Morgan fingerprint density at radius 3 is 1.38 bits per heavy atom. The molecule has 0 aliphatic carbocycles. The summed E-state index contributed by atoms with van der Waals surface area (Å²) >= 11 is 0. The number of hydrogen-bond acceptors (Lipinski definition) is 6. The standard InChI is InChI=1S/C26H18N2O4/c1-3-15-5-9-20-19(25(15)31-17-7-11-23(29)21(27)13-17)10-6-16(4-2)26(20)32-18-8-12-24(30)22(28)14-18/h1-2,5-14,29-30H,27-28H2. The fourth-order valence-corrected chi connectivity index (χ4v) is 3.23. The fourth-order valence-electron chi connectivity index (χ4n) is 3.23. The van der Waals surface area contributed by atoms with E-state index >= 15 is 0 Å². The second-order valence-corrected chi connectivity index (χ2v) is 6.91. The normalized spacial score (nSPS) is 10.3. The summed E-state index contributed by atoms with van der Waals surface area (Å²) in [6, 6.07) is 16.1. The molecule has 4 rings (SSSR count). The second-order valence-electron chi connectivity index (χ2n) is 6.91. The molecule has 0 atom stereocenters. The lowest BCUT2D eigenvalue weighted by Gasteiger charge is -2.16. The molecule has 0 aliphatic rings. The topological polar surface area (TPSA) is 111 Å².